The molecule has 4 heteroatoms. The number of pyridine rings is 1. The predicted octanol–water partition coefficient (Wildman–Crippen LogP) is -0.950. The molecule has 0 fully saturated rings. The summed E-state index contributed by atoms with van der Waals surface area (Å²) in [4.78, 5) is 4.25. The standard InChI is InChI=1S/C11H12N2S.Na/c1-7-8-4-2-3-5-9(8)10(6-12)11(14)13-7;/h2-5H2,1H3,(H,13,14);/q;+1/p-1. The molecule has 0 saturated heterocycles. The van der Waals surface area contributed by atoms with Crippen molar-refractivity contribution in [2.24, 2.45) is 0 Å². The Balaban J connectivity index is 0.00000112. The normalized spacial score (nSPS) is 13.6. The molecule has 72 valence electrons. The molecule has 2 rings (SSSR count). The summed E-state index contributed by atoms with van der Waals surface area (Å²) in [5, 5.41) is 9.49. The van der Waals surface area contributed by atoms with Gasteiger partial charge in [0.25, 0.3) is 0 Å². The summed E-state index contributed by atoms with van der Waals surface area (Å²) in [5.41, 5.74) is 4.08. The van der Waals surface area contributed by atoms with Gasteiger partial charge in [0.1, 0.15) is 0 Å². The van der Waals surface area contributed by atoms with Gasteiger partial charge in [0.05, 0.1) is 11.6 Å². The van der Waals surface area contributed by atoms with Gasteiger partial charge in [-0.15, -0.1) is 0 Å². The molecule has 15 heavy (non-hydrogen) atoms. The van der Waals surface area contributed by atoms with E-state index in [1.165, 1.54) is 18.4 Å². The van der Waals surface area contributed by atoms with Crippen LogP contribution in [0, 0.1) is 18.3 Å². The molecule has 0 saturated carbocycles. The van der Waals surface area contributed by atoms with Gasteiger partial charge in [-0.05, 0) is 43.7 Å². The van der Waals surface area contributed by atoms with Crippen LogP contribution < -0.4 is 29.6 Å². The summed E-state index contributed by atoms with van der Waals surface area (Å²) >= 11 is 5.09. The van der Waals surface area contributed by atoms with Gasteiger partial charge in [-0.3, -0.25) is 4.98 Å². The SMILES string of the molecule is Cc1nc([S-])c(C#N)c2c1CCCC2.[Na+]. The largest absolute Gasteiger partial charge is 1.00 e. The van der Waals surface area contributed by atoms with Crippen molar-refractivity contribution in [2.45, 2.75) is 37.6 Å². The molecular formula is C11H11N2NaS. The fraction of sp³-hybridized carbons (Fsp3) is 0.455. The van der Waals surface area contributed by atoms with Gasteiger partial charge in [0, 0.05) is 5.69 Å². The average Bonchev–Trinajstić information content (AvgIpc) is 2.18. The monoisotopic (exact) mass is 226 g/mol. The number of aromatic nitrogens is 1. The summed E-state index contributed by atoms with van der Waals surface area (Å²) in [6.45, 7) is 1.99. The van der Waals surface area contributed by atoms with Crippen molar-refractivity contribution in [3.8, 4) is 6.07 Å². The molecule has 0 spiro atoms. The first-order valence-corrected chi connectivity index (χ1v) is 5.24. The Hall–Kier alpha value is -0.140. The van der Waals surface area contributed by atoms with E-state index in [9.17, 15) is 0 Å². The van der Waals surface area contributed by atoms with Crippen LogP contribution in [0.2, 0.25) is 0 Å². The van der Waals surface area contributed by atoms with Crippen LogP contribution in [0.1, 0.15) is 35.2 Å². The summed E-state index contributed by atoms with van der Waals surface area (Å²) in [5.74, 6) is 0. The quantitative estimate of drug-likeness (QED) is 0.423. The first-order chi connectivity index (χ1) is 6.74. The van der Waals surface area contributed by atoms with Crippen molar-refractivity contribution < 1.29 is 29.6 Å². The molecule has 1 heterocycles. The third-order valence-electron chi connectivity index (χ3n) is 2.80. The Morgan fingerprint density at radius 2 is 1.87 bits per heavy atom. The van der Waals surface area contributed by atoms with Crippen molar-refractivity contribution >= 4 is 12.6 Å². The van der Waals surface area contributed by atoms with Crippen molar-refractivity contribution in [3.05, 3.63) is 22.4 Å². The Morgan fingerprint density at radius 3 is 2.47 bits per heavy atom. The fourth-order valence-electron chi connectivity index (χ4n) is 2.10. The minimum Gasteiger partial charge on any atom is -0.759 e. The third kappa shape index (κ3) is 2.34. The van der Waals surface area contributed by atoms with Gasteiger partial charge in [0.2, 0.25) is 0 Å². The number of nitriles is 1. The minimum absolute atomic E-state index is 0. The van der Waals surface area contributed by atoms with E-state index in [1.807, 2.05) is 6.92 Å². The van der Waals surface area contributed by atoms with Crippen molar-refractivity contribution in [1.29, 1.82) is 5.26 Å². The van der Waals surface area contributed by atoms with Crippen LogP contribution in [-0.2, 0) is 25.5 Å². The first-order valence-electron chi connectivity index (χ1n) is 4.83. The van der Waals surface area contributed by atoms with E-state index in [-0.39, 0.29) is 29.6 Å². The van der Waals surface area contributed by atoms with Crippen LogP contribution in [0.25, 0.3) is 0 Å². The maximum Gasteiger partial charge on any atom is 1.00 e. The van der Waals surface area contributed by atoms with E-state index >= 15 is 0 Å². The van der Waals surface area contributed by atoms with Crippen LogP contribution >= 0.6 is 0 Å². The third-order valence-corrected chi connectivity index (χ3v) is 3.10. The summed E-state index contributed by atoms with van der Waals surface area (Å²) in [7, 11) is 0. The van der Waals surface area contributed by atoms with Gasteiger partial charge >= 0.3 is 29.6 Å². The van der Waals surface area contributed by atoms with E-state index in [2.05, 4.69) is 11.1 Å². The molecule has 1 aliphatic rings. The fourth-order valence-corrected chi connectivity index (χ4v) is 2.41. The molecule has 0 atom stereocenters. The van der Waals surface area contributed by atoms with Crippen LogP contribution in [0.15, 0.2) is 5.03 Å². The summed E-state index contributed by atoms with van der Waals surface area (Å²) in [6, 6.07) is 2.18. The maximum atomic E-state index is 9.01. The number of fused-ring (bicyclic) bond motifs is 1. The van der Waals surface area contributed by atoms with Crippen LogP contribution in [0.4, 0.5) is 0 Å². The van der Waals surface area contributed by atoms with Crippen LogP contribution in [-0.4, -0.2) is 4.98 Å². The molecule has 0 radical (unpaired) electrons. The van der Waals surface area contributed by atoms with Crippen LogP contribution in [0.5, 0.6) is 0 Å². The molecule has 0 amide bonds. The number of hydrogen-bond donors (Lipinski definition) is 0. The number of aryl methyl sites for hydroxylation is 1. The topological polar surface area (TPSA) is 36.7 Å². The first kappa shape index (κ1) is 12.9. The van der Waals surface area contributed by atoms with E-state index in [0.29, 0.717) is 10.6 Å². The maximum absolute atomic E-state index is 9.01. The second-order valence-corrected chi connectivity index (χ2v) is 4.04. The van der Waals surface area contributed by atoms with Crippen molar-refractivity contribution in [1.82, 2.24) is 4.98 Å². The molecule has 2 nitrogen and oxygen atoms in total. The zero-order valence-electron chi connectivity index (χ0n) is 9.13. The van der Waals surface area contributed by atoms with E-state index < -0.39 is 0 Å². The molecular weight excluding hydrogens is 215 g/mol. The van der Waals surface area contributed by atoms with Gasteiger partial charge < -0.3 is 12.6 Å². The summed E-state index contributed by atoms with van der Waals surface area (Å²) < 4.78 is 0. The number of rotatable bonds is 0. The number of hydrogen-bond acceptors (Lipinski definition) is 3. The molecule has 1 aromatic rings. The second kappa shape index (κ2) is 5.27. The molecule has 0 unspecified atom stereocenters. The smallest absolute Gasteiger partial charge is 0.759 e. The Kier molecular flexibility index (Phi) is 4.54. The second-order valence-electron chi connectivity index (χ2n) is 3.65. The molecule has 0 bridgehead atoms. The average molecular weight is 226 g/mol. The molecule has 0 aromatic carbocycles. The van der Waals surface area contributed by atoms with Gasteiger partial charge in [-0.25, -0.2) is 0 Å². The Labute approximate surface area is 118 Å². The molecule has 0 aliphatic heterocycles. The molecule has 1 aliphatic carbocycles. The van der Waals surface area contributed by atoms with Gasteiger partial charge in [-0.2, -0.15) is 5.26 Å². The van der Waals surface area contributed by atoms with E-state index in [4.69, 9.17) is 17.9 Å². The van der Waals surface area contributed by atoms with E-state index in [0.717, 1.165) is 24.1 Å². The van der Waals surface area contributed by atoms with Gasteiger partial charge in [-0.1, -0.05) is 5.03 Å². The summed E-state index contributed by atoms with van der Waals surface area (Å²) in [6.07, 6.45) is 4.42. The number of nitrogens with zero attached hydrogens (tertiary/aromatic N) is 2. The minimum atomic E-state index is 0. The zero-order chi connectivity index (χ0) is 10.1. The van der Waals surface area contributed by atoms with Gasteiger partial charge in [0.15, 0.2) is 0 Å². The predicted molar refractivity (Wildman–Crippen MR) is 56.0 cm³/mol. The van der Waals surface area contributed by atoms with Crippen molar-refractivity contribution in [3.63, 3.8) is 0 Å². The van der Waals surface area contributed by atoms with Crippen LogP contribution in [0.3, 0.4) is 0 Å². The Morgan fingerprint density at radius 1 is 1.27 bits per heavy atom. The van der Waals surface area contributed by atoms with Crippen molar-refractivity contribution in [2.75, 3.05) is 0 Å². The molecule has 1 aromatic heterocycles. The molecule has 0 N–H and O–H groups in total. The zero-order valence-corrected chi connectivity index (χ0v) is 11.9. The Bertz CT molecular complexity index is 424. The van der Waals surface area contributed by atoms with E-state index in [1.54, 1.807) is 0 Å².